The maximum Gasteiger partial charge on any atom is 0.324 e. The van der Waals surface area contributed by atoms with Gasteiger partial charge in [-0.2, -0.15) is 0 Å². The highest BCUT2D eigenvalue weighted by Gasteiger charge is 2.49. The van der Waals surface area contributed by atoms with E-state index in [1.807, 2.05) is 0 Å². The first-order valence-corrected chi connectivity index (χ1v) is 22.2. The van der Waals surface area contributed by atoms with Gasteiger partial charge in [-0.3, -0.25) is 14.5 Å². The molecule has 1 atom stereocenters. The molecular weight excluding hydrogens is 622 g/mol. The molecule has 0 aliphatic carbocycles. The number of aliphatic hydroxyl groups is 1. The molecule has 0 heterocycles. The first kappa shape index (κ1) is 48.9. The van der Waals surface area contributed by atoms with Crippen LogP contribution < -0.4 is 0 Å². The number of esters is 1. The summed E-state index contributed by atoms with van der Waals surface area (Å²) in [5.74, 6) is -0.712. The van der Waals surface area contributed by atoms with E-state index in [0.29, 0.717) is 32.5 Å². The van der Waals surface area contributed by atoms with Crippen molar-refractivity contribution in [1.29, 1.82) is 0 Å². The van der Waals surface area contributed by atoms with Crippen LogP contribution in [0.4, 0.5) is 0 Å². The van der Waals surface area contributed by atoms with Gasteiger partial charge in [-0.05, 0) is 51.0 Å². The van der Waals surface area contributed by atoms with Gasteiger partial charge in [0.05, 0.1) is 13.2 Å². The highest BCUT2D eigenvalue weighted by atomic mass is 16.5. The molecule has 0 rings (SSSR count). The summed E-state index contributed by atoms with van der Waals surface area (Å²) in [6.07, 6.45) is 35.4. The van der Waals surface area contributed by atoms with Crippen LogP contribution in [0.3, 0.4) is 0 Å². The normalized spacial score (nSPS) is 12.9. The zero-order valence-corrected chi connectivity index (χ0v) is 34.1. The van der Waals surface area contributed by atoms with Gasteiger partial charge in [-0.15, -0.1) is 0 Å². The summed E-state index contributed by atoms with van der Waals surface area (Å²) in [5.41, 5.74) is -0.947. The molecule has 0 aliphatic heterocycles. The molecule has 0 radical (unpaired) electrons. The van der Waals surface area contributed by atoms with Crippen LogP contribution in [0.25, 0.3) is 0 Å². The van der Waals surface area contributed by atoms with Gasteiger partial charge >= 0.3 is 11.9 Å². The van der Waals surface area contributed by atoms with E-state index in [1.165, 1.54) is 109 Å². The average molecular weight is 710 g/mol. The number of aliphatic carboxylic acids is 1. The molecule has 0 aromatic rings. The summed E-state index contributed by atoms with van der Waals surface area (Å²) in [6, 6.07) is 0. The molecule has 50 heavy (non-hydrogen) atoms. The van der Waals surface area contributed by atoms with Gasteiger partial charge in [-0.25, -0.2) is 0 Å². The minimum Gasteiger partial charge on any atom is -0.480 e. The highest BCUT2D eigenvalue weighted by molar-refractivity contribution is 5.79. The Balaban J connectivity index is 5.31. The van der Waals surface area contributed by atoms with Crippen LogP contribution in [-0.4, -0.2) is 58.9 Å². The number of nitrogens with zero attached hydrogens (tertiary/aromatic N) is 1. The monoisotopic (exact) mass is 710 g/mol. The molecule has 6 nitrogen and oxygen atoms in total. The fourth-order valence-corrected chi connectivity index (χ4v) is 7.87. The van der Waals surface area contributed by atoms with Gasteiger partial charge in [0.15, 0.2) is 0 Å². The summed E-state index contributed by atoms with van der Waals surface area (Å²) < 4.78 is 5.53. The summed E-state index contributed by atoms with van der Waals surface area (Å²) in [4.78, 5) is 28.2. The molecule has 0 fully saturated rings. The van der Waals surface area contributed by atoms with Crippen molar-refractivity contribution in [2.45, 2.75) is 239 Å². The molecule has 0 aromatic carbocycles. The van der Waals surface area contributed by atoms with E-state index in [0.717, 1.165) is 83.5 Å². The Labute approximate surface area is 311 Å². The summed E-state index contributed by atoms with van der Waals surface area (Å²) in [6.45, 7) is 10.5. The lowest BCUT2D eigenvalue weighted by molar-refractivity contribution is -0.159. The molecule has 2 N–H and O–H groups in total. The van der Waals surface area contributed by atoms with Gasteiger partial charge in [0, 0.05) is 13.0 Å². The predicted octanol–water partition coefficient (Wildman–Crippen LogP) is 12.8. The first-order chi connectivity index (χ1) is 24.4. The van der Waals surface area contributed by atoms with Crippen LogP contribution >= 0.6 is 0 Å². The maximum absolute atomic E-state index is 13.6. The Morgan fingerprint density at radius 3 is 1.42 bits per heavy atom. The highest BCUT2D eigenvalue weighted by Crippen LogP contribution is 2.39. The zero-order valence-electron chi connectivity index (χ0n) is 34.1. The maximum atomic E-state index is 13.6. The molecule has 1 unspecified atom stereocenters. The minimum atomic E-state index is -0.947. The Bertz CT molecular complexity index is 730. The van der Waals surface area contributed by atoms with E-state index in [4.69, 9.17) is 4.74 Å². The summed E-state index contributed by atoms with van der Waals surface area (Å²) in [5, 5.41) is 21.4. The van der Waals surface area contributed by atoms with Crippen LogP contribution in [0.5, 0.6) is 0 Å². The second kappa shape index (κ2) is 36.2. The molecule has 0 bridgehead atoms. The second-order valence-electron chi connectivity index (χ2n) is 15.4. The topological polar surface area (TPSA) is 87.1 Å². The number of carbonyl (C=O) groups is 2. The fourth-order valence-electron chi connectivity index (χ4n) is 7.87. The summed E-state index contributed by atoms with van der Waals surface area (Å²) in [7, 11) is 0. The Hall–Kier alpha value is -1.14. The smallest absolute Gasteiger partial charge is 0.324 e. The van der Waals surface area contributed by atoms with Gasteiger partial charge in [0.2, 0.25) is 0 Å². The number of carbonyl (C=O) groups excluding carboxylic acids is 1. The van der Waals surface area contributed by atoms with E-state index in [1.54, 1.807) is 0 Å². The lowest BCUT2D eigenvalue weighted by Gasteiger charge is -2.46. The lowest BCUT2D eigenvalue weighted by Crippen LogP contribution is -2.60. The van der Waals surface area contributed by atoms with E-state index >= 15 is 0 Å². The first-order valence-electron chi connectivity index (χ1n) is 22.2. The van der Waals surface area contributed by atoms with Gasteiger partial charge < -0.3 is 14.9 Å². The average Bonchev–Trinajstić information content (AvgIpc) is 3.10. The van der Waals surface area contributed by atoms with E-state index in [9.17, 15) is 19.8 Å². The third kappa shape index (κ3) is 24.9. The number of rotatable bonds is 40. The Morgan fingerprint density at radius 2 is 0.960 bits per heavy atom. The lowest BCUT2D eigenvalue weighted by atomic mass is 9.72. The van der Waals surface area contributed by atoms with E-state index in [-0.39, 0.29) is 18.5 Å². The number of ether oxygens (including phenoxy) is 1. The molecular formula is C44H87NO5. The number of β-amino-alcohol motifs (C(OH)–C–C–N with tert-alkyl or cyclic N) is 1. The van der Waals surface area contributed by atoms with Crippen molar-refractivity contribution >= 4 is 11.9 Å². The number of unbranched alkanes of at least 4 members (excludes halogenated alkanes) is 23. The third-order valence-corrected chi connectivity index (χ3v) is 11.0. The van der Waals surface area contributed by atoms with Crippen LogP contribution in [0, 0.1) is 5.92 Å². The molecule has 0 aromatic heterocycles. The van der Waals surface area contributed by atoms with Gasteiger partial charge in [-0.1, -0.05) is 188 Å². The molecule has 0 saturated heterocycles. The van der Waals surface area contributed by atoms with Crippen LogP contribution in [0.15, 0.2) is 0 Å². The number of carboxylic acids is 1. The van der Waals surface area contributed by atoms with E-state index in [2.05, 4.69) is 32.6 Å². The zero-order chi connectivity index (χ0) is 37.0. The fraction of sp³-hybridized carbons (Fsp3) is 0.955. The predicted molar refractivity (Wildman–Crippen MR) is 214 cm³/mol. The molecule has 0 aliphatic rings. The molecule has 0 saturated carbocycles. The molecule has 0 spiro atoms. The van der Waals surface area contributed by atoms with E-state index < -0.39 is 11.5 Å². The van der Waals surface area contributed by atoms with Crippen molar-refractivity contribution in [1.82, 2.24) is 4.90 Å². The molecule has 6 heteroatoms. The van der Waals surface area contributed by atoms with Crippen LogP contribution in [0.1, 0.15) is 233 Å². The molecule has 298 valence electrons. The number of carboxylic acid groups (broad SMARTS) is 1. The molecule has 0 amide bonds. The quantitative estimate of drug-likeness (QED) is 0.0486. The van der Waals surface area contributed by atoms with Crippen molar-refractivity contribution in [3.63, 3.8) is 0 Å². The van der Waals surface area contributed by atoms with Crippen molar-refractivity contribution < 1.29 is 24.5 Å². The minimum absolute atomic E-state index is 0.0318. The standard InChI is InChI=1S/C44H87NO5/c1-5-9-13-17-20-21-22-25-32-40-50-42(47)35-29-26-31-37-45(38-39-46)44(43(48)49,36-30-16-12-8-4)41(33-27-23-18-14-10-6-2)34-28-24-19-15-11-7-3/h41,46H,5-40H2,1-4H3,(H,48,49). The number of aliphatic hydroxyl groups excluding tert-OH is 1. The second-order valence-corrected chi connectivity index (χ2v) is 15.4. The van der Waals surface area contributed by atoms with Crippen molar-refractivity contribution in [3.05, 3.63) is 0 Å². The number of hydrogen-bond acceptors (Lipinski definition) is 5. The van der Waals surface area contributed by atoms with Crippen molar-refractivity contribution in [3.8, 4) is 0 Å². The summed E-state index contributed by atoms with van der Waals surface area (Å²) >= 11 is 0. The van der Waals surface area contributed by atoms with Crippen molar-refractivity contribution in [2.24, 2.45) is 5.92 Å². The van der Waals surface area contributed by atoms with Crippen LogP contribution in [0.2, 0.25) is 0 Å². The Kier molecular flexibility index (Phi) is 35.4. The number of hydrogen-bond donors (Lipinski definition) is 2. The SMILES string of the molecule is CCCCCCCCCCCOC(=O)CCCCCN(CCO)C(CCCCCC)(C(=O)O)C(CCCCCCCC)CCCCCCCC. The Morgan fingerprint density at radius 1 is 0.540 bits per heavy atom. The van der Waals surface area contributed by atoms with Gasteiger partial charge in [0.25, 0.3) is 0 Å². The largest absolute Gasteiger partial charge is 0.480 e. The van der Waals surface area contributed by atoms with Crippen molar-refractivity contribution in [2.75, 3.05) is 26.3 Å². The van der Waals surface area contributed by atoms with Gasteiger partial charge in [0.1, 0.15) is 5.54 Å². The van der Waals surface area contributed by atoms with Crippen LogP contribution in [-0.2, 0) is 14.3 Å². The third-order valence-electron chi connectivity index (χ3n) is 11.0.